The quantitative estimate of drug-likeness (QED) is 0.839. The predicted octanol–water partition coefficient (Wildman–Crippen LogP) is 1.81. The maximum Gasteiger partial charge on any atom is 0.247 e. The third kappa shape index (κ3) is 4.22. The molecule has 0 saturated heterocycles. The van der Waals surface area contributed by atoms with Gasteiger partial charge in [0.15, 0.2) is 5.96 Å². The van der Waals surface area contributed by atoms with Gasteiger partial charge in [0.1, 0.15) is 0 Å². The first-order chi connectivity index (χ1) is 11.1. The number of aromatic amines is 1. The fourth-order valence-corrected chi connectivity index (χ4v) is 2.60. The maximum absolute atomic E-state index is 11.3. The first-order valence-electron chi connectivity index (χ1n) is 8.01. The predicted molar refractivity (Wildman–Crippen MR) is 93.4 cm³/mol. The summed E-state index contributed by atoms with van der Waals surface area (Å²) < 4.78 is 5.15. The lowest BCUT2D eigenvalue weighted by Gasteiger charge is -2.31. The number of ether oxygens (including phenoxy) is 1. The average molecular weight is 318 g/mol. The second-order valence-corrected chi connectivity index (χ2v) is 5.80. The standard InChI is InChI=1S/C17H26N4O2/c1-5-6-14-12(2)16(13-7-8-15(22)18-11-13)20-17(19-14)21(3)9-10-23-4/h7-8,11,14H,5-6,9-10H2,1-4H3,(H,18,22)(H,19,20). The lowest BCUT2D eigenvalue weighted by Crippen LogP contribution is -2.43. The number of nitrogens with one attached hydrogen (secondary N) is 2. The van der Waals surface area contributed by atoms with E-state index in [4.69, 9.17) is 9.73 Å². The molecule has 1 aromatic rings. The summed E-state index contributed by atoms with van der Waals surface area (Å²) in [4.78, 5) is 21.0. The Morgan fingerprint density at radius 1 is 1.39 bits per heavy atom. The minimum absolute atomic E-state index is 0.0981. The van der Waals surface area contributed by atoms with Crippen LogP contribution >= 0.6 is 0 Å². The first kappa shape index (κ1) is 17.3. The van der Waals surface area contributed by atoms with Crippen LogP contribution < -0.4 is 10.9 Å². The third-order valence-corrected chi connectivity index (χ3v) is 4.04. The van der Waals surface area contributed by atoms with Crippen LogP contribution in [-0.2, 0) is 4.74 Å². The van der Waals surface area contributed by atoms with Crippen molar-refractivity contribution in [2.24, 2.45) is 4.99 Å². The summed E-state index contributed by atoms with van der Waals surface area (Å²) in [5.74, 6) is 0.840. The van der Waals surface area contributed by atoms with Crippen molar-refractivity contribution in [3.63, 3.8) is 0 Å². The number of hydrogen-bond donors (Lipinski definition) is 2. The van der Waals surface area contributed by atoms with E-state index in [1.54, 1.807) is 19.4 Å². The van der Waals surface area contributed by atoms with Gasteiger partial charge in [-0.15, -0.1) is 0 Å². The summed E-state index contributed by atoms with van der Waals surface area (Å²) >= 11 is 0. The molecule has 23 heavy (non-hydrogen) atoms. The van der Waals surface area contributed by atoms with Gasteiger partial charge in [-0.2, -0.15) is 0 Å². The van der Waals surface area contributed by atoms with E-state index >= 15 is 0 Å². The number of likely N-dealkylation sites (N-methyl/N-ethyl adjacent to an activating group) is 1. The van der Waals surface area contributed by atoms with Crippen molar-refractivity contribution >= 4 is 11.7 Å². The molecule has 2 N–H and O–H groups in total. The number of methoxy groups -OCH3 is 1. The van der Waals surface area contributed by atoms with E-state index in [9.17, 15) is 4.79 Å². The van der Waals surface area contributed by atoms with Gasteiger partial charge in [-0.3, -0.25) is 4.79 Å². The number of H-pyrrole nitrogens is 1. The van der Waals surface area contributed by atoms with E-state index < -0.39 is 0 Å². The molecule has 1 aliphatic heterocycles. The van der Waals surface area contributed by atoms with E-state index in [1.165, 1.54) is 5.57 Å². The zero-order chi connectivity index (χ0) is 16.8. The molecular formula is C17H26N4O2. The van der Waals surface area contributed by atoms with Gasteiger partial charge in [-0.1, -0.05) is 13.3 Å². The van der Waals surface area contributed by atoms with Crippen LogP contribution in [-0.4, -0.2) is 49.2 Å². The van der Waals surface area contributed by atoms with Gasteiger partial charge in [0.2, 0.25) is 5.56 Å². The summed E-state index contributed by atoms with van der Waals surface area (Å²) in [6.07, 6.45) is 3.82. The Bertz CT molecular complexity index is 628. The molecule has 0 bridgehead atoms. The number of nitrogens with zero attached hydrogens (tertiary/aromatic N) is 2. The fourth-order valence-electron chi connectivity index (χ4n) is 2.60. The molecule has 2 rings (SSSR count). The smallest absolute Gasteiger partial charge is 0.247 e. The molecule has 0 amide bonds. The zero-order valence-corrected chi connectivity index (χ0v) is 14.3. The number of hydrogen-bond acceptors (Lipinski definition) is 5. The van der Waals surface area contributed by atoms with Crippen LogP contribution in [0.15, 0.2) is 33.7 Å². The Kier molecular flexibility index (Phi) is 5.98. The normalized spacial score (nSPS) is 17.7. The van der Waals surface area contributed by atoms with Crippen LogP contribution in [0, 0.1) is 0 Å². The average Bonchev–Trinajstić information content (AvgIpc) is 2.55. The minimum atomic E-state index is -0.0981. The molecule has 1 atom stereocenters. The topological polar surface area (TPSA) is 69.7 Å². The largest absolute Gasteiger partial charge is 0.383 e. The highest BCUT2D eigenvalue weighted by Crippen LogP contribution is 2.25. The Labute approximate surface area is 137 Å². The summed E-state index contributed by atoms with van der Waals surface area (Å²) in [6.45, 7) is 5.67. The van der Waals surface area contributed by atoms with E-state index in [1.807, 2.05) is 13.1 Å². The highest BCUT2D eigenvalue weighted by molar-refractivity contribution is 5.92. The molecule has 1 aromatic heterocycles. The molecule has 126 valence electrons. The summed E-state index contributed by atoms with van der Waals surface area (Å²) in [5, 5.41) is 3.41. The molecule has 6 nitrogen and oxygen atoms in total. The van der Waals surface area contributed by atoms with Crippen LogP contribution in [0.1, 0.15) is 32.3 Å². The number of pyridine rings is 1. The number of aromatic nitrogens is 1. The summed E-state index contributed by atoms with van der Waals surface area (Å²) in [5.41, 5.74) is 3.09. The lowest BCUT2D eigenvalue weighted by atomic mass is 9.98. The van der Waals surface area contributed by atoms with Crippen molar-refractivity contribution in [1.29, 1.82) is 0 Å². The van der Waals surface area contributed by atoms with Crippen LogP contribution in [0.3, 0.4) is 0 Å². The highest BCUT2D eigenvalue weighted by atomic mass is 16.5. The second-order valence-electron chi connectivity index (χ2n) is 5.80. The molecule has 0 fully saturated rings. The van der Waals surface area contributed by atoms with Crippen molar-refractivity contribution < 1.29 is 4.74 Å². The zero-order valence-electron chi connectivity index (χ0n) is 14.3. The molecule has 6 heteroatoms. The van der Waals surface area contributed by atoms with Gasteiger partial charge in [0.05, 0.1) is 18.3 Å². The lowest BCUT2D eigenvalue weighted by molar-refractivity contribution is 0.182. The van der Waals surface area contributed by atoms with E-state index in [-0.39, 0.29) is 11.6 Å². The minimum Gasteiger partial charge on any atom is -0.383 e. The van der Waals surface area contributed by atoms with Crippen LogP contribution in [0.4, 0.5) is 0 Å². The SMILES string of the molecule is CCCC1N=C(N(C)CCOC)NC(c2ccc(=O)[nH]c2)=C1C. The Morgan fingerprint density at radius 2 is 2.17 bits per heavy atom. The highest BCUT2D eigenvalue weighted by Gasteiger charge is 2.23. The Balaban J connectivity index is 2.30. The van der Waals surface area contributed by atoms with Gasteiger partial charge < -0.3 is 19.9 Å². The third-order valence-electron chi connectivity index (χ3n) is 4.04. The van der Waals surface area contributed by atoms with E-state index in [2.05, 4.69) is 29.0 Å². The van der Waals surface area contributed by atoms with Gasteiger partial charge in [0.25, 0.3) is 0 Å². The molecule has 2 heterocycles. The van der Waals surface area contributed by atoms with Crippen molar-refractivity contribution in [2.45, 2.75) is 32.7 Å². The molecule has 1 unspecified atom stereocenters. The van der Waals surface area contributed by atoms with Crippen LogP contribution in [0.25, 0.3) is 5.70 Å². The molecule has 0 radical (unpaired) electrons. The number of rotatable bonds is 6. The molecule has 0 aromatic carbocycles. The van der Waals surface area contributed by atoms with E-state index in [0.717, 1.165) is 36.6 Å². The fraction of sp³-hybridized carbons (Fsp3) is 0.529. The molecule has 0 aliphatic carbocycles. The molecular weight excluding hydrogens is 292 g/mol. The molecule has 1 aliphatic rings. The van der Waals surface area contributed by atoms with Gasteiger partial charge in [-0.05, 0) is 25.0 Å². The van der Waals surface area contributed by atoms with Gasteiger partial charge in [-0.25, -0.2) is 4.99 Å². The Hall–Kier alpha value is -2.08. The van der Waals surface area contributed by atoms with E-state index in [0.29, 0.717) is 6.61 Å². The van der Waals surface area contributed by atoms with Crippen molar-refractivity contribution in [2.75, 3.05) is 27.3 Å². The maximum atomic E-state index is 11.3. The van der Waals surface area contributed by atoms with Crippen LogP contribution in [0.5, 0.6) is 0 Å². The number of guanidine groups is 1. The van der Waals surface area contributed by atoms with Gasteiger partial charge in [0, 0.05) is 38.5 Å². The van der Waals surface area contributed by atoms with Crippen molar-refractivity contribution in [3.8, 4) is 0 Å². The van der Waals surface area contributed by atoms with Crippen LogP contribution in [0.2, 0.25) is 0 Å². The summed E-state index contributed by atoms with van der Waals surface area (Å²) in [7, 11) is 3.69. The monoisotopic (exact) mass is 318 g/mol. The van der Waals surface area contributed by atoms with Gasteiger partial charge >= 0.3 is 0 Å². The first-order valence-corrected chi connectivity index (χ1v) is 8.01. The molecule has 0 saturated carbocycles. The van der Waals surface area contributed by atoms with Crippen molar-refractivity contribution in [3.05, 3.63) is 39.8 Å². The summed E-state index contributed by atoms with van der Waals surface area (Å²) in [6, 6.07) is 3.54. The molecule has 0 spiro atoms. The number of aliphatic imine (C=N–C) groups is 1. The Morgan fingerprint density at radius 3 is 2.78 bits per heavy atom. The second kappa shape index (κ2) is 7.97. The van der Waals surface area contributed by atoms with Crippen molar-refractivity contribution in [1.82, 2.24) is 15.2 Å².